The number of ketones is 1. The first-order chi connectivity index (χ1) is 9.99. The lowest BCUT2D eigenvalue weighted by atomic mass is 10.00. The number of nitrogens with zero attached hydrogens (tertiary/aromatic N) is 2. The molecule has 1 aromatic rings. The summed E-state index contributed by atoms with van der Waals surface area (Å²) in [5.74, 6) is 0.224. The molecule has 1 saturated heterocycles. The number of likely N-dealkylation sites (N-methyl/N-ethyl adjacent to an activating group) is 1. The summed E-state index contributed by atoms with van der Waals surface area (Å²) in [6, 6.07) is 5.95. The van der Waals surface area contributed by atoms with E-state index in [-0.39, 0.29) is 11.8 Å². The largest absolute Gasteiger partial charge is 0.302 e. The summed E-state index contributed by atoms with van der Waals surface area (Å²) in [4.78, 5) is 17.3. The average Bonchev–Trinajstić information content (AvgIpc) is 2.99. The van der Waals surface area contributed by atoms with E-state index in [0.717, 1.165) is 18.7 Å². The summed E-state index contributed by atoms with van der Waals surface area (Å²) in [5.41, 5.74) is 3.26. The van der Waals surface area contributed by atoms with Crippen molar-refractivity contribution in [3.05, 3.63) is 34.9 Å². The standard InChI is InChI=1S/C18H28N2O/c1-14-7-8-17(13-15(14)2)18(21)16(3)19(4)11-12-20-9-5-6-10-20/h7-8,13,16H,5-6,9-12H2,1-4H3. The van der Waals surface area contributed by atoms with Crippen molar-refractivity contribution < 1.29 is 4.79 Å². The molecule has 1 aliphatic rings. The molecule has 116 valence electrons. The molecule has 0 radical (unpaired) electrons. The fourth-order valence-corrected chi connectivity index (χ4v) is 2.84. The Morgan fingerprint density at radius 2 is 1.90 bits per heavy atom. The van der Waals surface area contributed by atoms with E-state index >= 15 is 0 Å². The number of aryl methyl sites for hydroxylation is 2. The van der Waals surface area contributed by atoms with Crippen LogP contribution in [0.2, 0.25) is 0 Å². The van der Waals surface area contributed by atoms with Crippen molar-refractivity contribution in [1.82, 2.24) is 9.80 Å². The van der Waals surface area contributed by atoms with Gasteiger partial charge in [-0.25, -0.2) is 0 Å². The monoisotopic (exact) mass is 288 g/mol. The van der Waals surface area contributed by atoms with Gasteiger partial charge in [0.05, 0.1) is 6.04 Å². The quantitative estimate of drug-likeness (QED) is 0.752. The van der Waals surface area contributed by atoms with Crippen LogP contribution in [-0.2, 0) is 0 Å². The maximum absolute atomic E-state index is 12.6. The van der Waals surface area contributed by atoms with Crippen LogP contribution in [0, 0.1) is 13.8 Å². The normalized spacial score (nSPS) is 17.4. The van der Waals surface area contributed by atoms with Gasteiger partial charge < -0.3 is 4.90 Å². The SMILES string of the molecule is Cc1ccc(C(=O)C(C)N(C)CCN2CCCC2)cc1C. The Labute approximate surface area is 128 Å². The molecule has 0 amide bonds. The van der Waals surface area contributed by atoms with E-state index in [1.165, 1.54) is 37.1 Å². The number of rotatable bonds is 6. The van der Waals surface area contributed by atoms with Gasteiger partial charge >= 0.3 is 0 Å². The van der Waals surface area contributed by atoms with Crippen LogP contribution in [0.3, 0.4) is 0 Å². The second-order valence-corrected chi connectivity index (χ2v) is 6.37. The van der Waals surface area contributed by atoms with Gasteiger partial charge in [0.2, 0.25) is 0 Å². The van der Waals surface area contributed by atoms with Gasteiger partial charge in [-0.1, -0.05) is 12.1 Å². The van der Waals surface area contributed by atoms with E-state index in [1.54, 1.807) is 0 Å². The Morgan fingerprint density at radius 1 is 1.24 bits per heavy atom. The predicted molar refractivity (Wildman–Crippen MR) is 88.0 cm³/mol. The minimum absolute atomic E-state index is 0.0605. The molecule has 1 unspecified atom stereocenters. The van der Waals surface area contributed by atoms with Crippen LogP contribution in [0.15, 0.2) is 18.2 Å². The van der Waals surface area contributed by atoms with Crippen molar-refractivity contribution in [2.75, 3.05) is 33.2 Å². The number of likely N-dealkylation sites (tertiary alicyclic amines) is 1. The number of hydrogen-bond acceptors (Lipinski definition) is 3. The molecule has 21 heavy (non-hydrogen) atoms. The third-order valence-electron chi connectivity index (χ3n) is 4.80. The van der Waals surface area contributed by atoms with Crippen molar-refractivity contribution in [2.45, 2.75) is 39.7 Å². The third kappa shape index (κ3) is 4.14. The van der Waals surface area contributed by atoms with Gasteiger partial charge in [0.15, 0.2) is 5.78 Å². The van der Waals surface area contributed by atoms with E-state index in [1.807, 2.05) is 25.1 Å². The molecule has 0 saturated carbocycles. The Hall–Kier alpha value is -1.19. The number of benzene rings is 1. The fourth-order valence-electron chi connectivity index (χ4n) is 2.84. The van der Waals surface area contributed by atoms with Crippen LogP contribution in [0.25, 0.3) is 0 Å². The van der Waals surface area contributed by atoms with Crippen LogP contribution < -0.4 is 0 Å². The maximum atomic E-state index is 12.6. The van der Waals surface area contributed by atoms with Crippen LogP contribution in [0.4, 0.5) is 0 Å². The zero-order valence-electron chi connectivity index (χ0n) is 13.9. The molecule has 0 bridgehead atoms. The van der Waals surface area contributed by atoms with Crippen LogP contribution in [-0.4, -0.2) is 54.9 Å². The number of carbonyl (C=O) groups excluding carboxylic acids is 1. The fraction of sp³-hybridized carbons (Fsp3) is 0.611. The van der Waals surface area contributed by atoms with Crippen molar-refractivity contribution in [1.29, 1.82) is 0 Å². The van der Waals surface area contributed by atoms with E-state index in [2.05, 4.69) is 30.7 Å². The first-order valence-corrected chi connectivity index (χ1v) is 8.03. The minimum atomic E-state index is -0.0605. The summed E-state index contributed by atoms with van der Waals surface area (Å²) >= 11 is 0. The Balaban J connectivity index is 1.92. The van der Waals surface area contributed by atoms with E-state index in [4.69, 9.17) is 0 Å². The highest BCUT2D eigenvalue weighted by molar-refractivity contribution is 6.00. The first-order valence-electron chi connectivity index (χ1n) is 8.03. The second-order valence-electron chi connectivity index (χ2n) is 6.37. The highest BCUT2D eigenvalue weighted by atomic mass is 16.1. The zero-order valence-corrected chi connectivity index (χ0v) is 13.9. The first kappa shape index (κ1) is 16.2. The summed E-state index contributed by atoms with van der Waals surface area (Å²) in [5, 5.41) is 0. The highest BCUT2D eigenvalue weighted by Crippen LogP contribution is 2.14. The topological polar surface area (TPSA) is 23.6 Å². The lowest BCUT2D eigenvalue weighted by molar-refractivity contribution is 0.0859. The summed E-state index contributed by atoms with van der Waals surface area (Å²) in [6.07, 6.45) is 2.64. The lowest BCUT2D eigenvalue weighted by Gasteiger charge is -2.26. The third-order valence-corrected chi connectivity index (χ3v) is 4.80. The van der Waals surface area contributed by atoms with Gasteiger partial charge in [0.25, 0.3) is 0 Å². The number of carbonyl (C=O) groups is 1. The number of hydrogen-bond donors (Lipinski definition) is 0. The molecule has 1 heterocycles. The smallest absolute Gasteiger partial charge is 0.179 e. The number of Topliss-reactive ketones (excluding diaryl/α,β-unsaturated/α-hetero) is 1. The summed E-state index contributed by atoms with van der Waals surface area (Å²) in [6.45, 7) is 10.6. The van der Waals surface area contributed by atoms with Crippen LogP contribution >= 0.6 is 0 Å². The lowest BCUT2D eigenvalue weighted by Crippen LogP contribution is -2.40. The van der Waals surface area contributed by atoms with Crippen molar-refractivity contribution in [3.8, 4) is 0 Å². The van der Waals surface area contributed by atoms with E-state index in [0.29, 0.717) is 0 Å². The van der Waals surface area contributed by atoms with Gasteiger partial charge in [-0.2, -0.15) is 0 Å². The van der Waals surface area contributed by atoms with Gasteiger partial charge in [0.1, 0.15) is 0 Å². The predicted octanol–water partition coefficient (Wildman–Crippen LogP) is 2.90. The van der Waals surface area contributed by atoms with E-state index in [9.17, 15) is 4.79 Å². The van der Waals surface area contributed by atoms with Crippen molar-refractivity contribution in [2.24, 2.45) is 0 Å². The summed E-state index contributed by atoms with van der Waals surface area (Å²) in [7, 11) is 2.06. The second kappa shape index (κ2) is 7.19. The molecule has 0 aliphatic carbocycles. The molecule has 0 N–H and O–H groups in total. The average molecular weight is 288 g/mol. The van der Waals surface area contributed by atoms with Gasteiger partial charge in [-0.3, -0.25) is 9.69 Å². The Morgan fingerprint density at radius 3 is 2.52 bits per heavy atom. The highest BCUT2D eigenvalue weighted by Gasteiger charge is 2.21. The Kier molecular flexibility index (Phi) is 5.54. The van der Waals surface area contributed by atoms with Crippen molar-refractivity contribution >= 4 is 5.78 Å². The molecule has 1 aliphatic heterocycles. The molecule has 3 nitrogen and oxygen atoms in total. The molecule has 0 spiro atoms. The van der Waals surface area contributed by atoms with Gasteiger partial charge in [0, 0.05) is 18.7 Å². The molecule has 3 heteroatoms. The zero-order chi connectivity index (χ0) is 15.4. The molecular formula is C18H28N2O. The minimum Gasteiger partial charge on any atom is -0.302 e. The van der Waals surface area contributed by atoms with E-state index < -0.39 is 0 Å². The van der Waals surface area contributed by atoms with Gasteiger partial charge in [-0.05, 0) is 70.9 Å². The molecular weight excluding hydrogens is 260 g/mol. The molecule has 0 aromatic heterocycles. The van der Waals surface area contributed by atoms with Crippen LogP contribution in [0.1, 0.15) is 41.3 Å². The van der Waals surface area contributed by atoms with Gasteiger partial charge in [-0.15, -0.1) is 0 Å². The Bertz CT molecular complexity index is 492. The molecule has 1 fully saturated rings. The van der Waals surface area contributed by atoms with Crippen LogP contribution in [0.5, 0.6) is 0 Å². The maximum Gasteiger partial charge on any atom is 0.179 e. The summed E-state index contributed by atoms with van der Waals surface area (Å²) < 4.78 is 0. The molecule has 1 atom stereocenters. The van der Waals surface area contributed by atoms with Crippen molar-refractivity contribution in [3.63, 3.8) is 0 Å². The molecule has 2 rings (SSSR count). The molecule has 1 aromatic carbocycles.